The molecule has 14 heavy (non-hydrogen) atoms. The number of amidine groups is 1. The number of hydrogen-bond donors (Lipinski definition) is 2. The van der Waals surface area contributed by atoms with Crippen molar-refractivity contribution in [2.45, 2.75) is 18.9 Å². The van der Waals surface area contributed by atoms with Gasteiger partial charge < -0.3 is 10.6 Å². The number of hydrogen-bond acceptors (Lipinski definition) is 3. The number of allylic oxidation sites excluding steroid dienone is 1. The van der Waals surface area contributed by atoms with Gasteiger partial charge in [0.05, 0.1) is 12.6 Å². The lowest BCUT2D eigenvalue weighted by Crippen LogP contribution is -2.42. The Morgan fingerprint density at radius 1 is 1.50 bits per heavy atom. The molecule has 0 aliphatic carbocycles. The maximum absolute atomic E-state index is 4.42. The maximum Gasteiger partial charge on any atom is 0.114 e. The topological polar surface area (TPSA) is 36.4 Å². The molecular weight excluding hydrogens is 174 g/mol. The van der Waals surface area contributed by atoms with Crippen LogP contribution >= 0.6 is 0 Å². The quantitative estimate of drug-likeness (QED) is 0.594. The summed E-state index contributed by atoms with van der Waals surface area (Å²) in [6.07, 6.45) is 5.87. The van der Waals surface area contributed by atoms with Crippen LogP contribution in [0.5, 0.6) is 0 Å². The Hall–Kier alpha value is -1.09. The van der Waals surface area contributed by atoms with Crippen LogP contribution in [0.3, 0.4) is 0 Å². The minimum atomic E-state index is 0.327. The molecule has 0 aromatic carbocycles. The number of aliphatic imine (C=N–C) groups is 1. The first kappa shape index (κ1) is 11.0. The molecule has 0 fully saturated rings. The van der Waals surface area contributed by atoms with Crippen molar-refractivity contribution in [2.75, 3.05) is 19.6 Å². The lowest BCUT2D eigenvalue weighted by atomic mass is 10.1. The van der Waals surface area contributed by atoms with E-state index in [4.69, 9.17) is 0 Å². The van der Waals surface area contributed by atoms with E-state index in [-0.39, 0.29) is 0 Å². The molecule has 0 spiro atoms. The Morgan fingerprint density at radius 2 is 2.36 bits per heavy atom. The molecule has 1 aliphatic rings. The SMILES string of the molecule is C=CCCC(NCC=C)C1=NCCN1. The van der Waals surface area contributed by atoms with Crippen LogP contribution in [-0.2, 0) is 0 Å². The molecule has 3 nitrogen and oxygen atoms in total. The molecule has 1 atom stereocenters. The van der Waals surface area contributed by atoms with Gasteiger partial charge in [-0.25, -0.2) is 0 Å². The third-order valence-electron chi connectivity index (χ3n) is 2.20. The highest BCUT2D eigenvalue weighted by atomic mass is 15.1. The highest BCUT2D eigenvalue weighted by Crippen LogP contribution is 2.02. The fraction of sp³-hybridized carbons (Fsp3) is 0.545. The summed E-state index contributed by atoms with van der Waals surface area (Å²) in [5.74, 6) is 1.09. The summed E-state index contributed by atoms with van der Waals surface area (Å²) in [6, 6.07) is 0.327. The van der Waals surface area contributed by atoms with E-state index >= 15 is 0 Å². The van der Waals surface area contributed by atoms with Crippen LogP contribution in [0.25, 0.3) is 0 Å². The van der Waals surface area contributed by atoms with Gasteiger partial charge in [0.1, 0.15) is 5.84 Å². The Kier molecular flexibility index (Phi) is 5.00. The van der Waals surface area contributed by atoms with Crippen molar-refractivity contribution in [3.05, 3.63) is 25.3 Å². The maximum atomic E-state index is 4.42. The van der Waals surface area contributed by atoms with Crippen molar-refractivity contribution in [1.82, 2.24) is 10.6 Å². The second-order valence-electron chi connectivity index (χ2n) is 3.31. The van der Waals surface area contributed by atoms with Gasteiger partial charge in [-0.2, -0.15) is 0 Å². The van der Waals surface area contributed by atoms with Crippen molar-refractivity contribution in [3.63, 3.8) is 0 Å². The summed E-state index contributed by atoms with van der Waals surface area (Å²) in [7, 11) is 0. The fourth-order valence-electron chi connectivity index (χ4n) is 1.50. The molecule has 0 radical (unpaired) electrons. The zero-order chi connectivity index (χ0) is 10.2. The van der Waals surface area contributed by atoms with Crippen molar-refractivity contribution in [2.24, 2.45) is 4.99 Å². The predicted molar refractivity (Wildman–Crippen MR) is 61.7 cm³/mol. The molecule has 0 saturated carbocycles. The second kappa shape index (κ2) is 6.38. The van der Waals surface area contributed by atoms with Gasteiger partial charge in [-0.15, -0.1) is 13.2 Å². The molecular formula is C11H19N3. The first-order valence-electron chi connectivity index (χ1n) is 5.12. The third-order valence-corrected chi connectivity index (χ3v) is 2.20. The van der Waals surface area contributed by atoms with Crippen LogP contribution in [0.15, 0.2) is 30.3 Å². The molecule has 1 heterocycles. The Bertz CT molecular complexity index is 209. The van der Waals surface area contributed by atoms with Crippen LogP contribution in [0, 0.1) is 0 Å². The van der Waals surface area contributed by atoms with Crippen molar-refractivity contribution in [3.8, 4) is 0 Å². The number of rotatable bonds is 7. The molecule has 1 unspecified atom stereocenters. The van der Waals surface area contributed by atoms with Gasteiger partial charge in [0.25, 0.3) is 0 Å². The molecule has 1 aliphatic heterocycles. The average Bonchev–Trinajstić information content (AvgIpc) is 2.71. The van der Waals surface area contributed by atoms with Gasteiger partial charge in [-0.05, 0) is 12.8 Å². The van der Waals surface area contributed by atoms with E-state index in [9.17, 15) is 0 Å². The minimum absolute atomic E-state index is 0.327. The zero-order valence-corrected chi connectivity index (χ0v) is 8.63. The highest BCUT2D eigenvalue weighted by Gasteiger charge is 2.16. The predicted octanol–water partition coefficient (Wildman–Crippen LogP) is 1.10. The second-order valence-corrected chi connectivity index (χ2v) is 3.31. The van der Waals surface area contributed by atoms with Gasteiger partial charge >= 0.3 is 0 Å². The first-order chi connectivity index (χ1) is 6.88. The van der Waals surface area contributed by atoms with Gasteiger partial charge in [0, 0.05) is 13.1 Å². The first-order valence-corrected chi connectivity index (χ1v) is 5.12. The van der Waals surface area contributed by atoms with Crippen LogP contribution in [0.1, 0.15) is 12.8 Å². The summed E-state index contributed by atoms with van der Waals surface area (Å²) >= 11 is 0. The minimum Gasteiger partial charge on any atom is -0.371 e. The lowest BCUT2D eigenvalue weighted by molar-refractivity contribution is 0.611. The Morgan fingerprint density at radius 3 is 2.93 bits per heavy atom. The monoisotopic (exact) mass is 193 g/mol. The Balaban J connectivity index is 2.41. The standard InChI is InChI=1S/C11H19N3/c1-3-5-6-10(12-7-4-2)11-13-8-9-14-11/h3-4,10,12H,1-2,5-9H2,(H,13,14). The van der Waals surface area contributed by atoms with Crippen LogP contribution in [0.2, 0.25) is 0 Å². The zero-order valence-electron chi connectivity index (χ0n) is 8.63. The number of nitrogens with one attached hydrogen (secondary N) is 2. The summed E-state index contributed by atoms with van der Waals surface area (Å²) < 4.78 is 0. The van der Waals surface area contributed by atoms with Crippen LogP contribution in [-0.4, -0.2) is 31.5 Å². The van der Waals surface area contributed by atoms with Gasteiger partial charge in [0.2, 0.25) is 0 Å². The van der Waals surface area contributed by atoms with E-state index in [0.717, 1.165) is 38.3 Å². The van der Waals surface area contributed by atoms with Crippen molar-refractivity contribution in [1.29, 1.82) is 0 Å². The molecule has 2 N–H and O–H groups in total. The normalized spacial score (nSPS) is 17.0. The summed E-state index contributed by atoms with van der Waals surface area (Å²) in [5.41, 5.74) is 0. The van der Waals surface area contributed by atoms with Crippen LogP contribution < -0.4 is 10.6 Å². The van der Waals surface area contributed by atoms with Crippen molar-refractivity contribution >= 4 is 5.84 Å². The summed E-state index contributed by atoms with van der Waals surface area (Å²) in [6.45, 7) is 10.1. The molecule has 0 saturated heterocycles. The molecule has 0 bridgehead atoms. The Labute approximate surface area is 86.0 Å². The van der Waals surface area contributed by atoms with E-state index in [2.05, 4.69) is 28.8 Å². The molecule has 1 rings (SSSR count). The largest absolute Gasteiger partial charge is 0.371 e. The van der Waals surface area contributed by atoms with E-state index in [1.807, 2.05) is 12.2 Å². The van der Waals surface area contributed by atoms with E-state index < -0.39 is 0 Å². The highest BCUT2D eigenvalue weighted by molar-refractivity contribution is 5.88. The van der Waals surface area contributed by atoms with E-state index in [1.54, 1.807) is 0 Å². The van der Waals surface area contributed by atoms with Gasteiger partial charge in [-0.3, -0.25) is 4.99 Å². The van der Waals surface area contributed by atoms with Gasteiger partial charge in [-0.1, -0.05) is 12.2 Å². The van der Waals surface area contributed by atoms with Gasteiger partial charge in [0.15, 0.2) is 0 Å². The van der Waals surface area contributed by atoms with E-state index in [1.165, 1.54) is 0 Å². The van der Waals surface area contributed by atoms with Crippen LogP contribution in [0.4, 0.5) is 0 Å². The summed E-state index contributed by atoms with van der Waals surface area (Å²) in [5, 5.41) is 6.68. The molecule has 0 aromatic heterocycles. The lowest BCUT2D eigenvalue weighted by Gasteiger charge is -2.17. The number of nitrogens with zero attached hydrogens (tertiary/aromatic N) is 1. The molecule has 0 amide bonds. The molecule has 0 aromatic rings. The third kappa shape index (κ3) is 3.34. The van der Waals surface area contributed by atoms with E-state index in [0.29, 0.717) is 6.04 Å². The average molecular weight is 193 g/mol. The molecule has 78 valence electrons. The fourth-order valence-corrected chi connectivity index (χ4v) is 1.50. The molecule has 3 heteroatoms. The smallest absolute Gasteiger partial charge is 0.114 e. The summed E-state index contributed by atoms with van der Waals surface area (Å²) in [4.78, 5) is 4.42. The van der Waals surface area contributed by atoms with Crippen molar-refractivity contribution < 1.29 is 0 Å².